The summed E-state index contributed by atoms with van der Waals surface area (Å²) in [4.78, 5) is 22.8. The van der Waals surface area contributed by atoms with E-state index in [1.165, 1.54) is 18.6 Å². The normalized spacial score (nSPS) is 23.3. The van der Waals surface area contributed by atoms with E-state index in [0.717, 1.165) is 35.5 Å². The van der Waals surface area contributed by atoms with Crippen LogP contribution in [0.1, 0.15) is 47.8 Å². The summed E-state index contributed by atoms with van der Waals surface area (Å²) in [6.07, 6.45) is 3.38. The van der Waals surface area contributed by atoms with Crippen LogP contribution >= 0.6 is 23.5 Å². The molecule has 0 aromatic heterocycles. The first-order chi connectivity index (χ1) is 14.0. The molecule has 0 saturated carbocycles. The third kappa shape index (κ3) is 5.37. The van der Waals surface area contributed by atoms with E-state index in [9.17, 15) is 19.8 Å². The Balaban J connectivity index is 0.000000166. The van der Waals surface area contributed by atoms with E-state index in [4.69, 9.17) is 0 Å². The molecule has 2 heterocycles. The molecule has 0 aliphatic carbocycles. The summed E-state index contributed by atoms with van der Waals surface area (Å²) in [5.41, 5.74) is 1.02. The Hall–Kier alpha value is -1.92. The molecule has 2 N–H and O–H groups in total. The lowest BCUT2D eigenvalue weighted by Gasteiger charge is -2.14. The van der Waals surface area contributed by atoms with Gasteiger partial charge in [0.2, 0.25) is 10.9 Å². The minimum Gasteiger partial charge on any atom is -0.504 e. The van der Waals surface area contributed by atoms with Crippen LogP contribution in [0.25, 0.3) is 0 Å². The maximum Gasteiger partial charge on any atom is 0.220 e. The third-order valence-electron chi connectivity index (χ3n) is 5.25. The second kappa shape index (κ2) is 10.2. The maximum absolute atomic E-state index is 11.4. The van der Waals surface area contributed by atoms with Gasteiger partial charge in [0.1, 0.15) is 0 Å². The lowest BCUT2D eigenvalue weighted by atomic mass is 9.99. The van der Waals surface area contributed by atoms with Crippen molar-refractivity contribution in [2.45, 2.75) is 36.7 Å². The first kappa shape index (κ1) is 21.8. The van der Waals surface area contributed by atoms with Crippen molar-refractivity contribution in [3.8, 4) is 11.5 Å². The molecular weight excluding hydrogens is 404 g/mol. The molecule has 0 radical (unpaired) electrons. The second-order valence-corrected chi connectivity index (χ2v) is 9.89. The Bertz CT molecular complexity index is 958. The topological polar surface area (TPSA) is 74.6 Å². The fourth-order valence-electron chi connectivity index (χ4n) is 3.61. The van der Waals surface area contributed by atoms with E-state index in [0.29, 0.717) is 11.2 Å². The molecule has 2 fully saturated rings. The van der Waals surface area contributed by atoms with E-state index < -0.39 is 0 Å². The van der Waals surface area contributed by atoms with Crippen molar-refractivity contribution in [1.29, 1.82) is 0 Å². The molecule has 29 heavy (non-hydrogen) atoms. The van der Waals surface area contributed by atoms with E-state index in [-0.39, 0.29) is 27.6 Å². The van der Waals surface area contributed by atoms with Gasteiger partial charge in [-0.25, -0.2) is 0 Å². The van der Waals surface area contributed by atoms with Gasteiger partial charge in [0.15, 0.2) is 11.5 Å². The summed E-state index contributed by atoms with van der Waals surface area (Å²) >= 11 is 3.64. The van der Waals surface area contributed by atoms with Crippen LogP contribution in [0.3, 0.4) is 0 Å². The van der Waals surface area contributed by atoms with Crippen molar-refractivity contribution in [3.63, 3.8) is 0 Å². The zero-order valence-electron chi connectivity index (χ0n) is 16.4. The quantitative estimate of drug-likeness (QED) is 0.707. The Morgan fingerprint density at radius 2 is 1.38 bits per heavy atom. The van der Waals surface area contributed by atoms with Crippen LogP contribution in [0.4, 0.5) is 0 Å². The fourth-order valence-corrected chi connectivity index (χ4v) is 6.53. The van der Waals surface area contributed by atoms with E-state index >= 15 is 0 Å². The number of thioether (sulfide) groups is 2. The average molecular weight is 431 g/mol. The van der Waals surface area contributed by atoms with Crippen LogP contribution in [0.5, 0.6) is 11.5 Å². The molecule has 2 saturated heterocycles. The zero-order chi connectivity index (χ0) is 20.8. The van der Waals surface area contributed by atoms with Crippen molar-refractivity contribution in [3.05, 3.63) is 80.1 Å². The van der Waals surface area contributed by atoms with Crippen molar-refractivity contribution in [1.82, 2.24) is 0 Å². The summed E-state index contributed by atoms with van der Waals surface area (Å²) in [6, 6.07) is 13.5. The van der Waals surface area contributed by atoms with Crippen molar-refractivity contribution in [2.24, 2.45) is 5.92 Å². The van der Waals surface area contributed by atoms with Gasteiger partial charge in [-0.3, -0.25) is 9.59 Å². The van der Waals surface area contributed by atoms with Crippen LogP contribution in [-0.2, 0) is 0 Å². The number of aromatic hydroxyl groups is 2. The van der Waals surface area contributed by atoms with Crippen LogP contribution in [0.2, 0.25) is 0 Å². The van der Waals surface area contributed by atoms with Crippen LogP contribution in [0, 0.1) is 5.92 Å². The average Bonchev–Trinajstić information content (AvgIpc) is 3.32. The highest BCUT2D eigenvalue weighted by Crippen LogP contribution is 2.46. The van der Waals surface area contributed by atoms with Gasteiger partial charge in [0.05, 0.1) is 0 Å². The van der Waals surface area contributed by atoms with Gasteiger partial charge in [-0.2, -0.15) is 23.5 Å². The zero-order valence-corrected chi connectivity index (χ0v) is 18.0. The number of rotatable bonds is 2. The minimum atomic E-state index is -0.283. The van der Waals surface area contributed by atoms with Crippen molar-refractivity contribution >= 4 is 23.5 Å². The van der Waals surface area contributed by atoms with Crippen LogP contribution < -0.4 is 10.9 Å². The summed E-state index contributed by atoms with van der Waals surface area (Å²) in [5.74, 6) is 2.61. The van der Waals surface area contributed by atoms with Gasteiger partial charge in [-0.1, -0.05) is 43.3 Å². The summed E-state index contributed by atoms with van der Waals surface area (Å²) in [5, 5.41) is 20.1. The molecule has 0 amide bonds. The highest BCUT2D eigenvalue weighted by molar-refractivity contribution is 8.00. The predicted molar refractivity (Wildman–Crippen MR) is 122 cm³/mol. The molecule has 4 rings (SSSR count). The van der Waals surface area contributed by atoms with Gasteiger partial charge < -0.3 is 10.2 Å². The highest BCUT2D eigenvalue weighted by atomic mass is 32.2. The second-order valence-electron chi connectivity index (χ2n) is 7.33. The Kier molecular flexibility index (Phi) is 7.67. The van der Waals surface area contributed by atoms with Gasteiger partial charge in [-0.05, 0) is 48.8 Å². The molecule has 3 unspecified atom stereocenters. The lowest BCUT2D eigenvalue weighted by molar-refractivity contribution is 0.455. The molecule has 0 spiro atoms. The molecule has 6 heteroatoms. The standard InChI is InChI=1S/C12H14O2S.C11H12O2S/c1-8-6-7-15-12(8)9-4-2-3-5-10(13)11(9)14;12-9-5-2-1-4-8(11(9)13)10-6-3-7-14-10/h2-5,8,12H,6-7H2,1H3,(H,13,14);1-2,4-5,10H,3,6-7H2,(H,12,13). The number of hydrogen-bond donors (Lipinski definition) is 2. The predicted octanol–water partition coefficient (Wildman–Crippen LogP) is 4.89. The highest BCUT2D eigenvalue weighted by Gasteiger charge is 2.27. The SMILES string of the molecule is CC1CCSC1c1ccccc(=O)c1O.O=c1ccccc(C2CCCS2)c1O. The fraction of sp³-hybridized carbons (Fsp3) is 0.391. The van der Waals surface area contributed by atoms with Gasteiger partial charge in [0.25, 0.3) is 0 Å². The summed E-state index contributed by atoms with van der Waals surface area (Å²) < 4.78 is 0. The molecular formula is C23H26O4S2. The van der Waals surface area contributed by atoms with Crippen molar-refractivity contribution < 1.29 is 10.2 Å². The molecule has 2 aromatic carbocycles. The van der Waals surface area contributed by atoms with Crippen molar-refractivity contribution in [2.75, 3.05) is 11.5 Å². The largest absolute Gasteiger partial charge is 0.504 e. The molecule has 2 aliphatic rings. The van der Waals surface area contributed by atoms with Crippen LogP contribution in [0.15, 0.2) is 58.1 Å². The minimum absolute atomic E-state index is 0.0746. The lowest BCUT2D eigenvalue weighted by Crippen LogP contribution is -2.03. The van der Waals surface area contributed by atoms with Crippen LogP contribution in [-0.4, -0.2) is 21.7 Å². The van der Waals surface area contributed by atoms with E-state index in [2.05, 4.69) is 6.92 Å². The Morgan fingerprint density at radius 3 is 1.93 bits per heavy atom. The first-order valence-electron chi connectivity index (χ1n) is 9.86. The molecule has 2 aromatic rings. The van der Waals surface area contributed by atoms with Gasteiger partial charge in [0, 0.05) is 21.6 Å². The Labute approximate surface area is 179 Å². The monoisotopic (exact) mass is 430 g/mol. The Morgan fingerprint density at radius 1 is 0.793 bits per heavy atom. The molecule has 2 aliphatic heterocycles. The smallest absolute Gasteiger partial charge is 0.220 e. The summed E-state index contributed by atoms with van der Waals surface area (Å²) in [7, 11) is 0. The third-order valence-corrected chi connectivity index (χ3v) is 8.22. The molecule has 3 atom stereocenters. The summed E-state index contributed by atoms with van der Waals surface area (Å²) in [6.45, 7) is 2.17. The maximum atomic E-state index is 11.4. The molecule has 154 valence electrons. The van der Waals surface area contributed by atoms with Gasteiger partial charge in [-0.15, -0.1) is 0 Å². The molecule has 0 bridgehead atoms. The number of hydrogen-bond acceptors (Lipinski definition) is 6. The molecule has 4 nitrogen and oxygen atoms in total. The first-order valence-corrected chi connectivity index (χ1v) is 12.0. The van der Waals surface area contributed by atoms with Gasteiger partial charge >= 0.3 is 0 Å². The van der Waals surface area contributed by atoms with E-state index in [1.807, 2.05) is 47.8 Å². The van der Waals surface area contributed by atoms with E-state index in [1.54, 1.807) is 12.1 Å².